The van der Waals surface area contributed by atoms with E-state index in [4.69, 9.17) is 4.74 Å². The molecule has 2 heterocycles. The molecule has 0 atom stereocenters. The molecular weight excluding hydrogens is 385 g/mol. The highest BCUT2D eigenvalue weighted by Gasteiger charge is 2.12. The lowest BCUT2D eigenvalue weighted by atomic mass is 10.2. The standard InChI is InChI=1S/C22H18FN5O2/c1-14-6-3-4-9-18(14)27-21-19-11-24-13-28(19)20(12-25-21)30-17-8-5-7-16(10-17)26-22(29)15(2)23/h3-13H,2H2,1H3,(H,25,27)(H,26,29). The van der Waals surface area contributed by atoms with Crippen LogP contribution in [0.3, 0.4) is 0 Å². The number of imidazole rings is 1. The van der Waals surface area contributed by atoms with Gasteiger partial charge < -0.3 is 15.4 Å². The first-order valence-corrected chi connectivity index (χ1v) is 9.08. The summed E-state index contributed by atoms with van der Waals surface area (Å²) in [6.45, 7) is 4.99. The molecule has 0 aliphatic rings. The molecule has 0 saturated carbocycles. The maximum atomic E-state index is 12.9. The van der Waals surface area contributed by atoms with E-state index in [0.717, 1.165) is 16.8 Å². The third kappa shape index (κ3) is 3.97. The number of carbonyl (C=O) groups excluding carboxylic acids is 1. The second-order valence-corrected chi connectivity index (χ2v) is 6.52. The van der Waals surface area contributed by atoms with Crippen molar-refractivity contribution in [3.05, 3.63) is 85.2 Å². The zero-order valence-electron chi connectivity index (χ0n) is 16.1. The first-order valence-electron chi connectivity index (χ1n) is 9.08. The maximum absolute atomic E-state index is 12.9. The van der Waals surface area contributed by atoms with Gasteiger partial charge in [0.05, 0.1) is 12.4 Å². The van der Waals surface area contributed by atoms with Gasteiger partial charge in [-0.1, -0.05) is 30.8 Å². The van der Waals surface area contributed by atoms with Crippen LogP contribution in [0.2, 0.25) is 0 Å². The highest BCUT2D eigenvalue weighted by molar-refractivity contribution is 6.01. The van der Waals surface area contributed by atoms with Crippen LogP contribution in [0, 0.1) is 6.92 Å². The van der Waals surface area contributed by atoms with Crippen LogP contribution in [0.1, 0.15) is 5.56 Å². The first kappa shape index (κ1) is 19.1. The number of aryl methyl sites for hydroxylation is 1. The number of carbonyl (C=O) groups is 1. The van der Waals surface area contributed by atoms with Crippen molar-refractivity contribution in [2.24, 2.45) is 0 Å². The number of anilines is 3. The van der Waals surface area contributed by atoms with E-state index in [-0.39, 0.29) is 0 Å². The second kappa shape index (κ2) is 8.04. The summed E-state index contributed by atoms with van der Waals surface area (Å²) in [5.74, 6) is -0.471. The van der Waals surface area contributed by atoms with Gasteiger partial charge in [0.2, 0.25) is 5.88 Å². The number of para-hydroxylation sites is 1. The fraction of sp³-hybridized carbons (Fsp3) is 0.0455. The Bertz CT molecular complexity index is 1250. The van der Waals surface area contributed by atoms with Crippen LogP contribution in [0.4, 0.5) is 21.6 Å². The fourth-order valence-electron chi connectivity index (χ4n) is 2.86. The van der Waals surface area contributed by atoms with E-state index in [1.165, 1.54) is 0 Å². The van der Waals surface area contributed by atoms with Crippen LogP contribution >= 0.6 is 0 Å². The van der Waals surface area contributed by atoms with Gasteiger partial charge in [-0.05, 0) is 30.7 Å². The third-order valence-corrected chi connectivity index (χ3v) is 4.38. The van der Waals surface area contributed by atoms with Crippen molar-refractivity contribution >= 4 is 28.6 Å². The molecule has 0 saturated heterocycles. The summed E-state index contributed by atoms with van der Waals surface area (Å²) in [5, 5.41) is 5.72. The predicted molar refractivity (Wildman–Crippen MR) is 113 cm³/mol. The molecule has 0 radical (unpaired) electrons. The van der Waals surface area contributed by atoms with Crippen molar-refractivity contribution in [1.82, 2.24) is 14.4 Å². The molecule has 30 heavy (non-hydrogen) atoms. The molecule has 0 spiro atoms. The summed E-state index contributed by atoms with van der Waals surface area (Å²) in [6.07, 6.45) is 4.88. The number of amides is 1. The Kier molecular flexibility index (Phi) is 5.13. The minimum Gasteiger partial charge on any atom is -0.439 e. The number of rotatable bonds is 6. The molecular formula is C22H18FN5O2. The topological polar surface area (TPSA) is 80.5 Å². The lowest BCUT2D eigenvalue weighted by Crippen LogP contribution is -2.11. The smallest absolute Gasteiger partial charge is 0.283 e. The highest BCUT2D eigenvalue weighted by Crippen LogP contribution is 2.28. The van der Waals surface area contributed by atoms with E-state index in [0.29, 0.717) is 23.1 Å². The van der Waals surface area contributed by atoms with Gasteiger partial charge in [-0.15, -0.1) is 0 Å². The molecule has 0 bridgehead atoms. The number of ether oxygens (including phenoxy) is 1. The lowest BCUT2D eigenvalue weighted by molar-refractivity contribution is -0.114. The van der Waals surface area contributed by atoms with E-state index < -0.39 is 11.7 Å². The number of fused-ring (bicyclic) bond motifs is 1. The minimum atomic E-state index is -1.07. The largest absolute Gasteiger partial charge is 0.439 e. The Morgan fingerprint density at radius 1 is 1.17 bits per heavy atom. The van der Waals surface area contributed by atoms with E-state index in [1.54, 1.807) is 47.4 Å². The van der Waals surface area contributed by atoms with E-state index in [9.17, 15) is 9.18 Å². The maximum Gasteiger partial charge on any atom is 0.283 e. The Balaban J connectivity index is 1.61. The lowest BCUT2D eigenvalue weighted by Gasteiger charge is -2.13. The highest BCUT2D eigenvalue weighted by atomic mass is 19.1. The van der Waals surface area contributed by atoms with Gasteiger partial charge in [-0.3, -0.25) is 9.20 Å². The molecule has 2 N–H and O–H groups in total. The average Bonchev–Trinajstić information content (AvgIpc) is 3.22. The molecule has 2 aromatic heterocycles. The summed E-state index contributed by atoms with van der Waals surface area (Å²) >= 11 is 0. The number of hydrogen-bond donors (Lipinski definition) is 2. The third-order valence-electron chi connectivity index (χ3n) is 4.38. The van der Waals surface area contributed by atoms with Crippen molar-refractivity contribution in [3.63, 3.8) is 0 Å². The van der Waals surface area contributed by atoms with Crippen molar-refractivity contribution in [3.8, 4) is 11.6 Å². The molecule has 7 nitrogen and oxygen atoms in total. The van der Waals surface area contributed by atoms with Crippen LogP contribution in [0.15, 0.2) is 79.7 Å². The van der Waals surface area contributed by atoms with Gasteiger partial charge in [-0.25, -0.2) is 14.4 Å². The molecule has 0 aliphatic carbocycles. The molecule has 4 rings (SSSR count). The van der Waals surface area contributed by atoms with Crippen LogP contribution < -0.4 is 15.4 Å². The molecule has 0 fully saturated rings. The Hall–Kier alpha value is -4.20. The van der Waals surface area contributed by atoms with Gasteiger partial charge >= 0.3 is 0 Å². The van der Waals surface area contributed by atoms with Crippen molar-refractivity contribution in [1.29, 1.82) is 0 Å². The van der Waals surface area contributed by atoms with Gasteiger partial charge in [0.15, 0.2) is 11.6 Å². The van der Waals surface area contributed by atoms with Crippen LogP contribution in [-0.4, -0.2) is 20.3 Å². The van der Waals surface area contributed by atoms with Crippen LogP contribution in [0.5, 0.6) is 11.6 Å². The number of hydrogen-bond acceptors (Lipinski definition) is 5. The summed E-state index contributed by atoms with van der Waals surface area (Å²) in [6, 6.07) is 14.5. The number of halogens is 1. The molecule has 150 valence electrons. The zero-order valence-corrected chi connectivity index (χ0v) is 16.1. The van der Waals surface area contributed by atoms with Crippen LogP contribution in [0.25, 0.3) is 5.52 Å². The number of nitrogens with zero attached hydrogens (tertiary/aromatic N) is 3. The number of nitrogens with one attached hydrogen (secondary N) is 2. The molecule has 8 heteroatoms. The average molecular weight is 403 g/mol. The Labute approximate surface area is 171 Å². The minimum absolute atomic E-state index is 0.379. The second-order valence-electron chi connectivity index (χ2n) is 6.52. The van der Waals surface area contributed by atoms with Gasteiger partial charge in [-0.2, -0.15) is 0 Å². The normalized spacial score (nSPS) is 10.6. The molecule has 1 amide bonds. The monoisotopic (exact) mass is 403 g/mol. The summed E-state index contributed by atoms with van der Waals surface area (Å²) in [4.78, 5) is 20.2. The van der Waals surface area contributed by atoms with E-state index in [2.05, 4.69) is 27.2 Å². The molecule has 0 aliphatic heterocycles. The van der Waals surface area contributed by atoms with Crippen molar-refractivity contribution in [2.75, 3.05) is 10.6 Å². The van der Waals surface area contributed by atoms with E-state index >= 15 is 0 Å². The Morgan fingerprint density at radius 2 is 2.00 bits per heavy atom. The SMILES string of the molecule is C=C(F)C(=O)Nc1cccc(Oc2cnc(Nc3ccccc3C)c3cncn23)c1. The summed E-state index contributed by atoms with van der Waals surface area (Å²) in [7, 11) is 0. The van der Waals surface area contributed by atoms with Crippen molar-refractivity contribution in [2.45, 2.75) is 6.92 Å². The van der Waals surface area contributed by atoms with E-state index in [1.807, 2.05) is 31.2 Å². The van der Waals surface area contributed by atoms with Crippen molar-refractivity contribution < 1.29 is 13.9 Å². The number of aromatic nitrogens is 3. The molecule has 0 unspecified atom stereocenters. The quantitative estimate of drug-likeness (QED) is 0.443. The molecule has 4 aromatic rings. The summed E-state index contributed by atoms with van der Waals surface area (Å²) in [5.41, 5.74) is 3.14. The van der Waals surface area contributed by atoms with Gasteiger partial charge in [0.1, 0.15) is 17.6 Å². The van der Waals surface area contributed by atoms with Gasteiger partial charge in [0.25, 0.3) is 5.91 Å². The number of benzene rings is 2. The Morgan fingerprint density at radius 3 is 2.80 bits per heavy atom. The van der Waals surface area contributed by atoms with Crippen LogP contribution in [-0.2, 0) is 4.79 Å². The summed E-state index contributed by atoms with van der Waals surface area (Å²) < 4.78 is 20.6. The first-order chi connectivity index (χ1) is 14.5. The van der Waals surface area contributed by atoms with Gasteiger partial charge in [0, 0.05) is 17.4 Å². The zero-order chi connectivity index (χ0) is 21.1. The molecule has 2 aromatic carbocycles. The fourth-order valence-corrected chi connectivity index (χ4v) is 2.86. The predicted octanol–water partition coefficient (Wildman–Crippen LogP) is 5.00.